The lowest BCUT2D eigenvalue weighted by molar-refractivity contribution is 0.525. The predicted molar refractivity (Wildman–Crippen MR) is 78.1 cm³/mol. The lowest BCUT2D eigenvalue weighted by Crippen LogP contribution is -2.30. The Bertz CT molecular complexity index is 627. The Labute approximate surface area is 126 Å². The van der Waals surface area contributed by atoms with Gasteiger partial charge in [-0.25, -0.2) is 4.39 Å². The second kappa shape index (κ2) is 6.10. The van der Waals surface area contributed by atoms with E-state index in [-0.39, 0.29) is 11.1 Å². The van der Waals surface area contributed by atoms with Gasteiger partial charge in [-0.3, -0.25) is 16.0 Å². The van der Waals surface area contributed by atoms with Gasteiger partial charge in [0.15, 0.2) is 0 Å². The summed E-state index contributed by atoms with van der Waals surface area (Å²) in [5, 5.41) is 4.88. The van der Waals surface area contributed by atoms with E-state index in [1.54, 1.807) is 23.9 Å². The standard InChI is InChI=1S/C13H15Cl2FN4/c1-7-12(14)11(20(2)19-7)6-10(18-17)8-4-3-5-9(16)13(8)15/h3-5,10,18H,6,17H2,1-2H3. The molecule has 1 atom stereocenters. The summed E-state index contributed by atoms with van der Waals surface area (Å²) in [6.07, 6.45) is 0.454. The first-order valence-corrected chi connectivity index (χ1v) is 6.79. The highest BCUT2D eigenvalue weighted by atomic mass is 35.5. The van der Waals surface area contributed by atoms with Gasteiger partial charge in [0, 0.05) is 13.5 Å². The highest BCUT2D eigenvalue weighted by Gasteiger charge is 2.20. The van der Waals surface area contributed by atoms with Gasteiger partial charge in [-0.1, -0.05) is 35.3 Å². The summed E-state index contributed by atoms with van der Waals surface area (Å²) < 4.78 is 15.2. The molecule has 7 heteroatoms. The number of nitrogens with zero attached hydrogens (tertiary/aromatic N) is 2. The van der Waals surface area contributed by atoms with Crippen LogP contribution in [-0.2, 0) is 13.5 Å². The van der Waals surface area contributed by atoms with Crippen molar-refractivity contribution in [1.29, 1.82) is 0 Å². The van der Waals surface area contributed by atoms with Gasteiger partial charge in [-0.2, -0.15) is 5.10 Å². The Balaban J connectivity index is 2.36. The van der Waals surface area contributed by atoms with Crippen molar-refractivity contribution in [3.05, 3.63) is 51.0 Å². The van der Waals surface area contributed by atoms with Crippen molar-refractivity contribution < 1.29 is 4.39 Å². The number of aromatic nitrogens is 2. The number of nitrogens with one attached hydrogen (secondary N) is 1. The van der Waals surface area contributed by atoms with E-state index in [9.17, 15) is 4.39 Å². The molecule has 1 aromatic carbocycles. The summed E-state index contributed by atoms with van der Waals surface area (Å²) >= 11 is 12.2. The van der Waals surface area contributed by atoms with E-state index in [4.69, 9.17) is 29.0 Å². The zero-order valence-corrected chi connectivity index (χ0v) is 12.6. The molecular formula is C13H15Cl2FN4. The molecule has 0 amide bonds. The maximum absolute atomic E-state index is 13.5. The lowest BCUT2D eigenvalue weighted by atomic mass is 10.0. The van der Waals surface area contributed by atoms with Crippen LogP contribution in [0.5, 0.6) is 0 Å². The van der Waals surface area contributed by atoms with E-state index in [0.29, 0.717) is 17.0 Å². The van der Waals surface area contributed by atoms with Gasteiger partial charge < -0.3 is 0 Å². The Kier molecular flexibility index (Phi) is 4.65. The quantitative estimate of drug-likeness (QED) is 0.673. The number of hydrogen-bond acceptors (Lipinski definition) is 3. The van der Waals surface area contributed by atoms with Crippen LogP contribution in [0.1, 0.15) is 23.0 Å². The molecule has 1 heterocycles. The van der Waals surface area contributed by atoms with E-state index in [1.807, 2.05) is 6.92 Å². The largest absolute Gasteiger partial charge is 0.271 e. The molecule has 20 heavy (non-hydrogen) atoms. The van der Waals surface area contributed by atoms with Crippen molar-refractivity contribution in [1.82, 2.24) is 15.2 Å². The average molecular weight is 317 g/mol. The molecule has 0 aliphatic carbocycles. The first-order chi connectivity index (χ1) is 9.45. The van der Waals surface area contributed by atoms with E-state index >= 15 is 0 Å². The molecule has 0 saturated carbocycles. The molecule has 0 aliphatic heterocycles. The zero-order valence-electron chi connectivity index (χ0n) is 11.1. The molecule has 1 unspecified atom stereocenters. The summed E-state index contributed by atoms with van der Waals surface area (Å²) in [6.45, 7) is 1.83. The average Bonchev–Trinajstić information content (AvgIpc) is 2.65. The van der Waals surface area contributed by atoms with Crippen LogP contribution in [0.4, 0.5) is 4.39 Å². The van der Waals surface area contributed by atoms with Gasteiger partial charge in [0.1, 0.15) is 5.82 Å². The fraction of sp³-hybridized carbons (Fsp3) is 0.308. The number of rotatable bonds is 4. The lowest BCUT2D eigenvalue weighted by Gasteiger charge is -2.18. The maximum atomic E-state index is 13.5. The molecule has 0 radical (unpaired) electrons. The number of halogens is 3. The Morgan fingerprint density at radius 3 is 2.65 bits per heavy atom. The van der Waals surface area contributed by atoms with Crippen molar-refractivity contribution >= 4 is 23.2 Å². The molecule has 3 N–H and O–H groups in total. The summed E-state index contributed by atoms with van der Waals surface area (Å²) in [6, 6.07) is 4.27. The van der Waals surface area contributed by atoms with E-state index in [0.717, 1.165) is 11.4 Å². The van der Waals surface area contributed by atoms with Crippen molar-refractivity contribution in [3.63, 3.8) is 0 Å². The molecule has 0 spiro atoms. The topological polar surface area (TPSA) is 55.9 Å². The monoisotopic (exact) mass is 316 g/mol. The minimum Gasteiger partial charge on any atom is -0.271 e. The van der Waals surface area contributed by atoms with Gasteiger partial charge in [-0.15, -0.1) is 0 Å². The SMILES string of the molecule is Cc1nn(C)c(CC(NN)c2cccc(F)c2Cl)c1Cl. The van der Waals surface area contributed by atoms with Crippen LogP contribution in [0, 0.1) is 12.7 Å². The Hall–Kier alpha value is -1.14. The number of hydrazine groups is 1. The molecule has 4 nitrogen and oxygen atoms in total. The van der Waals surface area contributed by atoms with Gasteiger partial charge in [0.25, 0.3) is 0 Å². The van der Waals surface area contributed by atoms with Gasteiger partial charge >= 0.3 is 0 Å². The van der Waals surface area contributed by atoms with Crippen LogP contribution in [0.3, 0.4) is 0 Å². The van der Waals surface area contributed by atoms with Crippen molar-refractivity contribution in [2.24, 2.45) is 12.9 Å². The third-order valence-electron chi connectivity index (χ3n) is 3.22. The number of nitrogens with two attached hydrogens (primary N) is 1. The number of aryl methyl sites for hydroxylation is 2. The molecule has 2 rings (SSSR count). The van der Waals surface area contributed by atoms with E-state index in [2.05, 4.69) is 10.5 Å². The first-order valence-electron chi connectivity index (χ1n) is 6.03. The smallest absolute Gasteiger partial charge is 0.142 e. The third kappa shape index (κ3) is 2.81. The first kappa shape index (κ1) is 15.3. The van der Waals surface area contributed by atoms with Crippen LogP contribution in [0.25, 0.3) is 0 Å². The van der Waals surface area contributed by atoms with Crippen LogP contribution in [0.15, 0.2) is 18.2 Å². The van der Waals surface area contributed by atoms with Crippen molar-refractivity contribution in [2.75, 3.05) is 0 Å². The second-order valence-corrected chi connectivity index (χ2v) is 5.29. The molecule has 108 valence electrons. The van der Waals surface area contributed by atoms with Crippen molar-refractivity contribution in [2.45, 2.75) is 19.4 Å². The van der Waals surface area contributed by atoms with Crippen LogP contribution in [0.2, 0.25) is 10.0 Å². The molecule has 0 aliphatic rings. The molecular weight excluding hydrogens is 302 g/mol. The fourth-order valence-electron chi connectivity index (χ4n) is 2.14. The second-order valence-electron chi connectivity index (χ2n) is 4.54. The van der Waals surface area contributed by atoms with Gasteiger partial charge in [0.2, 0.25) is 0 Å². The summed E-state index contributed by atoms with van der Waals surface area (Å²) in [5.41, 5.74) is 4.79. The third-order valence-corrected chi connectivity index (χ3v) is 4.11. The Morgan fingerprint density at radius 2 is 2.10 bits per heavy atom. The normalized spacial score (nSPS) is 12.7. The molecule has 0 fully saturated rings. The summed E-state index contributed by atoms with van der Waals surface area (Å²) in [5.74, 6) is 5.10. The molecule has 0 bridgehead atoms. The Morgan fingerprint density at radius 1 is 1.40 bits per heavy atom. The van der Waals surface area contributed by atoms with Crippen molar-refractivity contribution in [3.8, 4) is 0 Å². The number of benzene rings is 1. The van der Waals surface area contributed by atoms with Crippen LogP contribution < -0.4 is 11.3 Å². The highest BCUT2D eigenvalue weighted by molar-refractivity contribution is 6.32. The summed E-state index contributed by atoms with van der Waals surface area (Å²) in [7, 11) is 1.80. The van der Waals surface area contributed by atoms with Crippen LogP contribution in [-0.4, -0.2) is 9.78 Å². The highest BCUT2D eigenvalue weighted by Crippen LogP contribution is 2.30. The maximum Gasteiger partial charge on any atom is 0.142 e. The number of hydrogen-bond donors (Lipinski definition) is 2. The molecule has 2 aromatic rings. The predicted octanol–water partition coefficient (Wildman–Crippen LogP) is 2.92. The van der Waals surface area contributed by atoms with E-state index < -0.39 is 5.82 Å². The van der Waals surface area contributed by atoms with E-state index in [1.165, 1.54) is 6.07 Å². The molecule has 1 aromatic heterocycles. The molecule has 0 saturated heterocycles. The zero-order chi connectivity index (χ0) is 14.9. The minimum atomic E-state index is -0.475. The van der Waals surface area contributed by atoms with Gasteiger partial charge in [-0.05, 0) is 18.6 Å². The minimum absolute atomic E-state index is 0.0606. The summed E-state index contributed by atoms with van der Waals surface area (Å²) in [4.78, 5) is 0. The van der Waals surface area contributed by atoms with Crippen LogP contribution >= 0.6 is 23.2 Å². The fourth-order valence-corrected chi connectivity index (χ4v) is 2.64. The van der Waals surface area contributed by atoms with Gasteiger partial charge in [0.05, 0.1) is 27.5 Å².